The molecule has 0 spiro atoms. The summed E-state index contributed by atoms with van der Waals surface area (Å²) in [5.74, 6) is 1.45. The molecule has 1 N–H and O–H groups in total. The van der Waals surface area contributed by atoms with Crippen LogP contribution in [0.15, 0.2) is 29.1 Å². The largest absolute Gasteiger partial charge is 0.497 e. The zero-order valence-corrected chi connectivity index (χ0v) is 17.8. The van der Waals surface area contributed by atoms with E-state index < -0.39 is 0 Å². The number of hydrogen-bond acceptors (Lipinski definition) is 7. The van der Waals surface area contributed by atoms with Crippen molar-refractivity contribution in [2.24, 2.45) is 0 Å². The normalized spacial score (nSPS) is 20.9. The lowest BCUT2D eigenvalue weighted by molar-refractivity contribution is 0.0902. The van der Waals surface area contributed by atoms with E-state index in [9.17, 15) is 4.79 Å². The second-order valence-electron chi connectivity index (χ2n) is 8.36. The summed E-state index contributed by atoms with van der Waals surface area (Å²) in [6.07, 6.45) is 5.58. The number of nitrogens with zero attached hydrogens (tertiary/aromatic N) is 5. The number of pyridine rings is 1. The molecule has 4 heterocycles. The van der Waals surface area contributed by atoms with Crippen molar-refractivity contribution in [3.63, 3.8) is 0 Å². The van der Waals surface area contributed by atoms with Crippen molar-refractivity contribution in [3.05, 3.63) is 46.0 Å². The smallest absolute Gasteiger partial charge is 0.253 e. The Morgan fingerprint density at radius 3 is 2.87 bits per heavy atom. The maximum absolute atomic E-state index is 13.2. The second-order valence-corrected chi connectivity index (χ2v) is 8.36. The number of H-pyrrole nitrogens is 1. The molecule has 164 valence electrons. The SMILES string of the molecule is COc1ccc2[nH]c(=O)c([C@@H](c3nnnn3C[C@@H]3CCCO3)N3CCCCC3)cc2c1. The van der Waals surface area contributed by atoms with Gasteiger partial charge in [-0.3, -0.25) is 9.69 Å². The Morgan fingerprint density at radius 1 is 1.23 bits per heavy atom. The highest BCUT2D eigenvalue weighted by Gasteiger charge is 2.32. The maximum Gasteiger partial charge on any atom is 0.253 e. The minimum absolute atomic E-state index is 0.111. The lowest BCUT2D eigenvalue weighted by Crippen LogP contribution is -2.39. The van der Waals surface area contributed by atoms with Crippen LogP contribution in [0.1, 0.15) is 49.5 Å². The number of fused-ring (bicyclic) bond motifs is 1. The topological polar surface area (TPSA) is 98.2 Å². The minimum atomic E-state index is -0.309. The van der Waals surface area contributed by atoms with Crippen LogP contribution < -0.4 is 10.3 Å². The van der Waals surface area contributed by atoms with Gasteiger partial charge >= 0.3 is 0 Å². The summed E-state index contributed by atoms with van der Waals surface area (Å²) in [6.45, 7) is 3.20. The number of aromatic nitrogens is 5. The molecule has 2 aromatic heterocycles. The predicted molar refractivity (Wildman–Crippen MR) is 115 cm³/mol. The Balaban J connectivity index is 1.59. The third-order valence-electron chi connectivity index (χ3n) is 6.34. The van der Waals surface area contributed by atoms with E-state index in [1.807, 2.05) is 28.9 Å². The molecule has 0 unspecified atom stereocenters. The molecule has 3 aromatic rings. The number of piperidine rings is 1. The Labute approximate surface area is 180 Å². The van der Waals surface area contributed by atoms with E-state index in [-0.39, 0.29) is 17.7 Å². The molecule has 5 rings (SSSR count). The van der Waals surface area contributed by atoms with Gasteiger partial charge in [0.1, 0.15) is 11.8 Å². The molecule has 2 aliphatic heterocycles. The number of tetrazole rings is 1. The van der Waals surface area contributed by atoms with Gasteiger partial charge in [0.15, 0.2) is 5.82 Å². The van der Waals surface area contributed by atoms with Crippen LogP contribution in [0.25, 0.3) is 10.9 Å². The molecule has 1 aromatic carbocycles. The highest BCUT2D eigenvalue weighted by molar-refractivity contribution is 5.80. The Kier molecular flexibility index (Phi) is 5.69. The van der Waals surface area contributed by atoms with Gasteiger partial charge in [-0.05, 0) is 73.5 Å². The van der Waals surface area contributed by atoms with Crippen LogP contribution in [0.3, 0.4) is 0 Å². The first-order chi connectivity index (χ1) is 15.2. The second kappa shape index (κ2) is 8.76. The summed E-state index contributed by atoms with van der Waals surface area (Å²) in [4.78, 5) is 18.6. The van der Waals surface area contributed by atoms with Gasteiger partial charge in [-0.25, -0.2) is 4.68 Å². The highest BCUT2D eigenvalue weighted by atomic mass is 16.5. The number of aromatic amines is 1. The van der Waals surface area contributed by atoms with Gasteiger partial charge in [0.25, 0.3) is 5.56 Å². The third kappa shape index (κ3) is 4.07. The molecule has 0 bridgehead atoms. The summed E-state index contributed by atoms with van der Waals surface area (Å²) in [5, 5.41) is 13.5. The van der Waals surface area contributed by atoms with Gasteiger partial charge in [0, 0.05) is 23.1 Å². The standard InChI is InChI=1S/C22H28N6O3/c1-30-16-7-8-19-15(12-16)13-18(22(29)23-19)20(27-9-3-2-4-10-27)21-24-25-26-28(21)14-17-6-5-11-31-17/h7-8,12-13,17,20H,2-6,9-11,14H2,1H3,(H,23,29)/t17-,20-/m0/s1. The van der Waals surface area contributed by atoms with Crippen molar-refractivity contribution in [2.75, 3.05) is 26.8 Å². The molecule has 0 aliphatic carbocycles. The van der Waals surface area contributed by atoms with E-state index in [4.69, 9.17) is 9.47 Å². The van der Waals surface area contributed by atoms with Gasteiger partial charge in [-0.2, -0.15) is 0 Å². The summed E-state index contributed by atoms with van der Waals surface area (Å²) < 4.78 is 13.0. The van der Waals surface area contributed by atoms with Crippen LogP contribution >= 0.6 is 0 Å². The van der Waals surface area contributed by atoms with E-state index in [2.05, 4.69) is 25.4 Å². The van der Waals surface area contributed by atoms with Crippen molar-refractivity contribution in [2.45, 2.75) is 50.8 Å². The number of nitrogens with one attached hydrogen (secondary N) is 1. The number of methoxy groups -OCH3 is 1. The Morgan fingerprint density at radius 2 is 2.10 bits per heavy atom. The van der Waals surface area contributed by atoms with Crippen LogP contribution in [0, 0.1) is 0 Å². The third-order valence-corrected chi connectivity index (χ3v) is 6.34. The molecule has 9 heteroatoms. The summed E-state index contributed by atoms with van der Waals surface area (Å²) >= 11 is 0. The Bertz CT molecular complexity index is 1100. The van der Waals surface area contributed by atoms with E-state index in [1.54, 1.807) is 7.11 Å². The fraction of sp³-hybridized carbons (Fsp3) is 0.545. The number of rotatable bonds is 6. The zero-order chi connectivity index (χ0) is 21.2. The van der Waals surface area contributed by atoms with E-state index in [0.29, 0.717) is 17.9 Å². The minimum Gasteiger partial charge on any atom is -0.497 e. The van der Waals surface area contributed by atoms with Crippen molar-refractivity contribution in [1.29, 1.82) is 0 Å². The van der Waals surface area contributed by atoms with Gasteiger partial charge in [0.2, 0.25) is 0 Å². The number of benzene rings is 1. The molecule has 9 nitrogen and oxygen atoms in total. The number of hydrogen-bond donors (Lipinski definition) is 1. The zero-order valence-electron chi connectivity index (χ0n) is 17.8. The Hall–Kier alpha value is -2.78. The first-order valence-electron chi connectivity index (χ1n) is 11.1. The molecular formula is C22H28N6O3. The van der Waals surface area contributed by atoms with Gasteiger partial charge in [0.05, 0.1) is 19.8 Å². The first kappa shape index (κ1) is 20.1. The molecule has 2 aliphatic rings. The molecular weight excluding hydrogens is 396 g/mol. The molecule has 2 saturated heterocycles. The molecule has 2 atom stereocenters. The van der Waals surface area contributed by atoms with Gasteiger partial charge < -0.3 is 14.5 Å². The molecule has 31 heavy (non-hydrogen) atoms. The van der Waals surface area contributed by atoms with Crippen molar-refractivity contribution in [1.82, 2.24) is 30.1 Å². The molecule has 0 amide bonds. The molecule has 2 fully saturated rings. The number of ether oxygens (including phenoxy) is 2. The van der Waals surface area contributed by atoms with Gasteiger partial charge in [-0.15, -0.1) is 5.10 Å². The van der Waals surface area contributed by atoms with E-state index >= 15 is 0 Å². The molecule has 0 radical (unpaired) electrons. The summed E-state index contributed by atoms with van der Waals surface area (Å²) in [7, 11) is 1.64. The van der Waals surface area contributed by atoms with Crippen molar-refractivity contribution < 1.29 is 9.47 Å². The highest BCUT2D eigenvalue weighted by Crippen LogP contribution is 2.30. The van der Waals surface area contributed by atoms with Crippen LogP contribution in [-0.2, 0) is 11.3 Å². The van der Waals surface area contributed by atoms with Crippen LogP contribution in [-0.4, -0.2) is 63.0 Å². The fourth-order valence-corrected chi connectivity index (χ4v) is 4.73. The lowest BCUT2D eigenvalue weighted by Gasteiger charge is -2.33. The van der Waals surface area contributed by atoms with Crippen molar-refractivity contribution >= 4 is 10.9 Å². The fourth-order valence-electron chi connectivity index (χ4n) is 4.73. The summed E-state index contributed by atoms with van der Waals surface area (Å²) in [5.41, 5.74) is 1.33. The lowest BCUT2D eigenvalue weighted by atomic mass is 10.0. The average Bonchev–Trinajstić information content (AvgIpc) is 3.48. The predicted octanol–water partition coefficient (Wildman–Crippen LogP) is 2.28. The quantitative estimate of drug-likeness (QED) is 0.648. The van der Waals surface area contributed by atoms with Crippen LogP contribution in [0.4, 0.5) is 0 Å². The maximum atomic E-state index is 13.2. The molecule has 0 saturated carbocycles. The summed E-state index contributed by atoms with van der Waals surface area (Å²) in [6, 6.07) is 7.31. The monoisotopic (exact) mass is 424 g/mol. The van der Waals surface area contributed by atoms with Crippen LogP contribution in [0.5, 0.6) is 5.75 Å². The van der Waals surface area contributed by atoms with Crippen LogP contribution in [0.2, 0.25) is 0 Å². The van der Waals surface area contributed by atoms with Gasteiger partial charge in [-0.1, -0.05) is 6.42 Å². The van der Waals surface area contributed by atoms with E-state index in [0.717, 1.165) is 62.0 Å². The van der Waals surface area contributed by atoms with Crippen molar-refractivity contribution in [3.8, 4) is 5.75 Å². The number of likely N-dealkylation sites (tertiary alicyclic amines) is 1. The first-order valence-corrected chi connectivity index (χ1v) is 11.1. The average molecular weight is 425 g/mol. The van der Waals surface area contributed by atoms with E-state index in [1.165, 1.54) is 6.42 Å².